The summed E-state index contributed by atoms with van der Waals surface area (Å²) in [5.41, 5.74) is 3.73. The normalized spacial score (nSPS) is 32.8. The monoisotopic (exact) mass is 158 g/mol. The number of nitrogens with one attached hydrogen (secondary N) is 1. The number of carbonyl (C=O) groups is 1. The van der Waals surface area contributed by atoms with Gasteiger partial charge in [0, 0.05) is 6.54 Å². The quantitative estimate of drug-likeness (QED) is 0.457. The Labute approximate surface area is 65.8 Å². The fraction of sp³-hybridized carbons (Fsp3) is 0.857. The van der Waals surface area contributed by atoms with Gasteiger partial charge < -0.3 is 16.2 Å². The Morgan fingerprint density at radius 1 is 1.55 bits per heavy atom. The fourth-order valence-electron chi connectivity index (χ4n) is 1.26. The molecule has 0 aromatic heterocycles. The number of hydrogen-bond acceptors (Lipinski definition) is 3. The molecule has 1 amide bonds. The van der Waals surface area contributed by atoms with Crippen molar-refractivity contribution in [1.29, 1.82) is 0 Å². The van der Waals surface area contributed by atoms with E-state index in [9.17, 15) is 9.90 Å². The topological polar surface area (TPSA) is 75.4 Å². The smallest absolute Gasteiger partial charge is 0.250 e. The number of primary amides is 1. The van der Waals surface area contributed by atoms with E-state index >= 15 is 0 Å². The summed E-state index contributed by atoms with van der Waals surface area (Å²) in [6.07, 6.45) is 2.33. The third-order valence-corrected chi connectivity index (χ3v) is 2.07. The molecule has 0 aliphatic carbocycles. The third-order valence-electron chi connectivity index (χ3n) is 2.07. The van der Waals surface area contributed by atoms with E-state index in [0.717, 1.165) is 19.4 Å². The number of β-amino-alcohol motifs (C(OH)–C–C–N with tert-alkyl or cyclic N) is 1. The maximum atomic E-state index is 10.8. The van der Waals surface area contributed by atoms with Crippen molar-refractivity contribution in [3.63, 3.8) is 0 Å². The van der Waals surface area contributed by atoms with Crippen LogP contribution in [0.25, 0.3) is 0 Å². The first-order valence-corrected chi connectivity index (χ1v) is 3.88. The van der Waals surface area contributed by atoms with Crippen molar-refractivity contribution in [2.24, 2.45) is 5.73 Å². The summed E-state index contributed by atoms with van der Waals surface area (Å²) < 4.78 is 0. The fourth-order valence-corrected chi connectivity index (χ4v) is 1.26. The summed E-state index contributed by atoms with van der Waals surface area (Å²) in [5.74, 6) is -0.619. The molecule has 4 heteroatoms. The highest BCUT2D eigenvalue weighted by Crippen LogP contribution is 2.15. The highest BCUT2D eigenvalue weighted by Gasteiger charge is 2.33. The van der Waals surface area contributed by atoms with Crippen LogP contribution >= 0.6 is 0 Å². The van der Waals surface area contributed by atoms with Crippen LogP contribution < -0.4 is 11.1 Å². The molecule has 0 aromatic rings. The summed E-state index contributed by atoms with van der Waals surface area (Å²) in [6, 6.07) is 0. The molecule has 1 unspecified atom stereocenters. The van der Waals surface area contributed by atoms with E-state index in [1.807, 2.05) is 0 Å². The Morgan fingerprint density at radius 2 is 2.27 bits per heavy atom. The second-order valence-corrected chi connectivity index (χ2v) is 3.03. The molecule has 1 aliphatic heterocycles. The summed E-state index contributed by atoms with van der Waals surface area (Å²) in [4.78, 5) is 10.8. The lowest BCUT2D eigenvalue weighted by Gasteiger charge is -2.21. The first kappa shape index (κ1) is 8.49. The molecule has 11 heavy (non-hydrogen) atoms. The van der Waals surface area contributed by atoms with Gasteiger partial charge in [0.1, 0.15) is 0 Å². The Hall–Kier alpha value is -0.610. The molecule has 0 spiro atoms. The van der Waals surface area contributed by atoms with E-state index in [4.69, 9.17) is 5.73 Å². The van der Waals surface area contributed by atoms with Gasteiger partial charge in [0.05, 0.1) is 0 Å². The van der Waals surface area contributed by atoms with Crippen molar-refractivity contribution in [1.82, 2.24) is 5.32 Å². The number of rotatable bonds is 1. The lowest BCUT2D eigenvalue weighted by atomic mass is 9.97. The third kappa shape index (κ3) is 1.91. The minimum atomic E-state index is -1.31. The van der Waals surface area contributed by atoms with Crippen molar-refractivity contribution in [3.05, 3.63) is 0 Å². The maximum Gasteiger partial charge on any atom is 0.250 e. The average Bonchev–Trinajstić information content (AvgIpc) is 2.15. The second kappa shape index (κ2) is 3.19. The molecule has 1 atom stereocenters. The number of hydrogen-bond donors (Lipinski definition) is 3. The lowest BCUT2D eigenvalue weighted by Crippen LogP contribution is -2.50. The van der Waals surface area contributed by atoms with Gasteiger partial charge in [-0.25, -0.2) is 0 Å². The molecule has 1 heterocycles. The van der Waals surface area contributed by atoms with Crippen LogP contribution in [0.4, 0.5) is 0 Å². The molecule has 4 nitrogen and oxygen atoms in total. The Morgan fingerprint density at radius 3 is 2.91 bits per heavy atom. The molecule has 1 fully saturated rings. The van der Waals surface area contributed by atoms with Crippen LogP contribution in [0, 0.1) is 0 Å². The van der Waals surface area contributed by atoms with Crippen LogP contribution in [0.1, 0.15) is 19.3 Å². The number of nitrogens with two attached hydrogens (primary N) is 1. The molecule has 4 N–H and O–H groups in total. The van der Waals surface area contributed by atoms with Gasteiger partial charge in [0.2, 0.25) is 0 Å². The maximum absolute atomic E-state index is 10.8. The zero-order valence-electron chi connectivity index (χ0n) is 6.47. The Kier molecular flexibility index (Phi) is 2.46. The molecule has 0 bridgehead atoms. The highest BCUT2D eigenvalue weighted by atomic mass is 16.3. The zero-order valence-corrected chi connectivity index (χ0v) is 6.47. The Bertz CT molecular complexity index is 151. The van der Waals surface area contributed by atoms with Gasteiger partial charge in [-0.3, -0.25) is 4.79 Å². The zero-order chi connectivity index (χ0) is 8.32. The van der Waals surface area contributed by atoms with Crippen LogP contribution in [0.15, 0.2) is 0 Å². The van der Waals surface area contributed by atoms with E-state index < -0.39 is 11.5 Å². The van der Waals surface area contributed by atoms with Gasteiger partial charge in [0.25, 0.3) is 5.91 Å². The average molecular weight is 158 g/mol. The summed E-state index contributed by atoms with van der Waals surface area (Å²) in [5, 5.41) is 12.6. The van der Waals surface area contributed by atoms with Crippen LogP contribution in [0.2, 0.25) is 0 Å². The minimum absolute atomic E-state index is 0.294. The molecule has 1 aliphatic rings. The Balaban J connectivity index is 2.59. The van der Waals surface area contributed by atoms with E-state index in [1.54, 1.807) is 0 Å². The first-order chi connectivity index (χ1) is 5.15. The standard InChI is InChI=1S/C7H14N2O2/c8-6(10)7(11)3-1-2-4-9-5-7/h9,11H,1-5H2,(H2,8,10). The van der Waals surface area contributed by atoms with Crippen LogP contribution in [-0.4, -0.2) is 29.7 Å². The predicted molar refractivity (Wildman–Crippen MR) is 40.9 cm³/mol. The molecular formula is C7H14N2O2. The van der Waals surface area contributed by atoms with Crippen molar-refractivity contribution in [2.75, 3.05) is 13.1 Å². The van der Waals surface area contributed by atoms with Crippen LogP contribution in [0.5, 0.6) is 0 Å². The predicted octanol–water partition coefficient (Wildman–Crippen LogP) is -1.02. The van der Waals surface area contributed by atoms with Crippen molar-refractivity contribution >= 4 is 5.91 Å². The minimum Gasteiger partial charge on any atom is -0.379 e. The molecule has 64 valence electrons. The first-order valence-electron chi connectivity index (χ1n) is 3.88. The lowest BCUT2D eigenvalue weighted by molar-refractivity contribution is -0.136. The molecule has 0 radical (unpaired) electrons. The molecule has 0 saturated carbocycles. The van der Waals surface area contributed by atoms with E-state index in [1.165, 1.54) is 0 Å². The number of amides is 1. The van der Waals surface area contributed by atoms with Gasteiger partial charge >= 0.3 is 0 Å². The highest BCUT2D eigenvalue weighted by molar-refractivity contribution is 5.83. The number of aliphatic hydroxyl groups is 1. The molecule has 1 saturated heterocycles. The summed E-state index contributed by atoms with van der Waals surface area (Å²) in [7, 11) is 0. The van der Waals surface area contributed by atoms with Gasteiger partial charge in [0.15, 0.2) is 5.60 Å². The summed E-state index contributed by atoms with van der Waals surface area (Å²) >= 11 is 0. The van der Waals surface area contributed by atoms with E-state index in [0.29, 0.717) is 13.0 Å². The number of carbonyl (C=O) groups excluding carboxylic acids is 1. The van der Waals surface area contributed by atoms with Gasteiger partial charge in [-0.15, -0.1) is 0 Å². The molecule has 1 rings (SSSR count). The van der Waals surface area contributed by atoms with Gasteiger partial charge in [-0.1, -0.05) is 0 Å². The van der Waals surface area contributed by atoms with Crippen molar-refractivity contribution in [2.45, 2.75) is 24.9 Å². The molecular weight excluding hydrogens is 144 g/mol. The van der Waals surface area contributed by atoms with Gasteiger partial charge in [-0.05, 0) is 25.8 Å². The van der Waals surface area contributed by atoms with Crippen molar-refractivity contribution < 1.29 is 9.90 Å². The van der Waals surface area contributed by atoms with Gasteiger partial charge in [-0.2, -0.15) is 0 Å². The molecule has 0 aromatic carbocycles. The van der Waals surface area contributed by atoms with Crippen molar-refractivity contribution in [3.8, 4) is 0 Å². The second-order valence-electron chi connectivity index (χ2n) is 3.03. The van der Waals surface area contributed by atoms with E-state index in [-0.39, 0.29) is 0 Å². The SMILES string of the molecule is NC(=O)C1(O)CCCCNC1. The largest absolute Gasteiger partial charge is 0.379 e. The van der Waals surface area contributed by atoms with E-state index in [2.05, 4.69) is 5.32 Å². The van der Waals surface area contributed by atoms with Crippen LogP contribution in [0.3, 0.4) is 0 Å². The summed E-state index contributed by atoms with van der Waals surface area (Å²) in [6.45, 7) is 1.15. The van der Waals surface area contributed by atoms with Crippen LogP contribution in [-0.2, 0) is 4.79 Å².